The van der Waals surface area contributed by atoms with Gasteiger partial charge in [-0.25, -0.2) is 17.7 Å². The number of benzene rings is 1. The number of anilines is 1. The maximum atomic E-state index is 12.8. The Morgan fingerprint density at radius 1 is 1.07 bits per heavy atom. The van der Waals surface area contributed by atoms with Crippen molar-refractivity contribution in [2.45, 2.75) is 31.1 Å². The summed E-state index contributed by atoms with van der Waals surface area (Å²) in [5.41, 5.74) is 0.913. The van der Waals surface area contributed by atoms with Crippen molar-refractivity contribution in [3.8, 4) is 5.82 Å². The molecular formula is C21H25N5O3S. The number of rotatable bonds is 5. The van der Waals surface area contributed by atoms with E-state index in [0.717, 1.165) is 10.00 Å². The van der Waals surface area contributed by atoms with Crippen molar-refractivity contribution in [1.29, 1.82) is 0 Å². The SMILES string of the molecule is CN(C)S(=O)(=O)c1ccc(C(=O)Nc2cc(C(C)(C)C)nn2-c2ccccn2)cc1. The highest BCUT2D eigenvalue weighted by molar-refractivity contribution is 7.89. The summed E-state index contributed by atoms with van der Waals surface area (Å²) in [4.78, 5) is 17.3. The lowest BCUT2D eigenvalue weighted by Crippen LogP contribution is -2.22. The number of hydrogen-bond acceptors (Lipinski definition) is 5. The molecule has 2 aromatic heterocycles. The molecule has 0 unspecified atom stereocenters. The summed E-state index contributed by atoms with van der Waals surface area (Å²) in [7, 11) is -0.635. The predicted octanol–water partition coefficient (Wildman–Crippen LogP) is 3.07. The summed E-state index contributed by atoms with van der Waals surface area (Å²) in [5, 5.41) is 7.48. The Bertz CT molecular complexity index is 1150. The summed E-state index contributed by atoms with van der Waals surface area (Å²) in [6, 6.07) is 13.1. The second-order valence-corrected chi connectivity index (χ2v) is 10.2. The van der Waals surface area contributed by atoms with Crippen molar-refractivity contribution in [1.82, 2.24) is 19.1 Å². The lowest BCUT2D eigenvalue weighted by atomic mass is 9.92. The van der Waals surface area contributed by atoms with Crippen molar-refractivity contribution >= 4 is 21.7 Å². The molecule has 9 heteroatoms. The van der Waals surface area contributed by atoms with Crippen LogP contribution in [-0.4, -0.2) is 47.5 Å². The van der Waals surface area contributed by atoms with Crippen LogP contribution in [0.5, 0.6) is 0 Å². The van der Waals surface area contributed by atoms with E-state index in [9.17, 15) is 13.2 Å². The average Bonchev–Trinajstić information content (AvgIpc) is 3.13. The molecule has 3 aromatic rings. The van der Waals surface area contributed by atoms with Gasteiger partial charge in [-0.05, 0) is 36.4 Å². The van der Waals surface area contributed by atoms with E-state index < -0.39 is 10.0 Å². The van der Waals surface area contributed by atoms with Gasteiger partial charge in [0.05, 0.1) is 10.6 Å². The van der Waals surface area contributed by atoms with Crippen LogP contribution in [0.3, 0.4) is 0 Å². The second kappa shape index (κ2) is 8.00. The van der Waals surface area contributed by atoms with Gasteiger partial charge in [0.1, 0.15) is 5.82 Å². The van der Waals surface area contributed by atoms with Gasteiger partial charge in [0.2, 0.25) is 10.0 Å². The van der Waals surface area contributed by atoms with E-state index in [1.165, 1.54) is 38.4 Å². The number of sulfonamides is 1. The predicted molar refractivity (Wildman–Crippen MR) is 115 cm³/mol. The Labute approximate surface area is 176 Å². The molecule has 8 nitrogen and oxygen atoms in total. The molecule has 1 aromatic carbocycles. The fourth-order valence-electron chi connectivity index (χ4n) is 2.67. The monoisotopic (exact) mass is 427 g/mol. The molecule has 0 bridgehead atoms. The van der Waals surface area contributed by atoms with Crippen molar-refractivity contribution in [3.63, 3.8) is 0 Å². The van der Waals surface area contributed by atoms with Gasteiger partial charge in [0, 0.05) is 37.3 Å². The van der Waals surface area contributed by atoms with Crippen LogP contribution in [0.15, 0.2) is 59.6 Å². The standard InChI is InChI=1S/C21H25N5O3S/c1-21(2,3)17-14-19(26(24-17)18-8-6-7-13-22-18)23-20(27)15-9-11-16(12-10-15)30(28,29)25(4)5/h6-14H,1-5H3,(H,23,27). The first-order chi connectivity index (χ1) is 14.0. The largest absolute Gasteiger partial charge is 0.306 e. The highest BCUT2D eigenvalue weighted by atomic mass is 32.2. The van der Waals surface area contributed by atoms with Crippen LogP contribution >= 0.6 is 0 Å². The van der Waals surface area contributed by atoms with Gasteiger partial charge in [0.25, 0.3) is 5.91 Å². The van der Waals surface area contributed by atoms with Crippen molar-refractivity contribution < 1.29 is 13.2 Å². The van der Waals surface area contributed by atoms with Crippen LogP contribution in [0.2, 0.25) is 0 Å². The van der Waals surface area contributed by atoms with Gasteiger partial charge in [0.15, 0.2) is 5.82 Å². The Morgan fingerprint density at radius 2 is 1.73 bits per heavy atom. The van der Waals surface area contributed by atoms with Crippen molar-refractivity contribution in [2.24, 2.45) is 0 Å². The highest BCUT2D eigenvalue weighted by Gasteiger charge is 2.23. The van der Waals surface area contributed by atoms with E-state index in [1.54, 1.807) is 23.0 Å². The number of pyridine rings is 1. The van der Waals surface area contributed by atoms with Crippen LogP contribution in [0.1, 0.15) is 36.8 Å². The number of hydrogen-bond donors (Lipinski definition) is 1. The number of amides is 1. The third kappa shape index (κ3) is 4.42. The zero-order valence-corrected chi connectivity index (χ0v) is 18.4. The maximum Gasteiger partial charge on any atom is 0.256 e. The van der Waals surface area contributed by atoms with Crippen LogP contribution in [0, 0.1) is 0 Å². The normalized spacial score (nSPS) is 12.2. The average molecular weight is 428 g/mol. The first-order valence-electron chi connectivity index (χ1n) is 9.36. The smallest absolute Gasteiger partial charge is 0.256 e. The Morgan fingerprint density at radius 3 is 2.27 bits per heavy atom. The van der Waals surface area contributed by atoms with Gasteiger partial charge in [-0.15, -0.1) is 0 Å². The molecule has 0 aliphatic carbocycles. The lowest BCUT2D eigenvalue weighted by molar-refractivity contribution is 0.102. The van der Waals surface area contributed by atoms with Gasteiger partial charge in [-0.3, -0.25) is 4.79 Å². The van der Waals surface area contributed by atoms with Crippen LogP contribution in [0.4, 0.5) is 5.82 Å². The number of aromatic nitrogens is 3. The Balaban J connectivity index is 1.92. The molecule has 1 N–H and O–H groups in total. The summed E-state index contributed by atoms with van der Waals surface area (Å²) < 4.78 is 27.1. The Kier molecular flexibility index (Phi) is 5.78. The highest BCUT2D eigenvalue weighted by Crippen LogP contribution is 2.26. The molecule has 0 spiro atoms. The summed E-state index contributed by atoms with van der Waals surface area (Å²) in [5.74, 6) is 0.686. The van der Waals surface area contributed by atoms with Gasteiger partial charge in [-0.1, -0.05) is 26.8 Å². The van der Waals surface area contributed by atoms with Crippen LogP contribution in [0.25, 0.3) is 5.82 Å². The number of carbonyl (C=O) groups is 1. The molecule has 1 amide bonds. The number of carbonyl (C=O) groups excluding carboxylic acids is 1. The van der Waals surface area contributed by atoms with Gasteiger partial charge in [-0.2, -0.15) is 9.78 Å². The quantitative estimate of drug-likeness (QED) is 0.675. The lowest BCUT2D eigenvalue weighted by Gasteiger charge is -2.13. The van der Waals surface area contributed by atoms with E-state index in [0.29, 0.717) is 17.2 Å². The molecule has 0 atom stereocenters. The van der Waals surface area contributed by atoms with Gasteiger partial charge < -0.3 is 5.32 Å². The minimum absolute atomic E-state index is 0.123. The van der Waals surface area contributed by atoms with E-state index in [2.05, 4.69) is 15.4 Å². The van der Waals surface area contributed by atoms with Crippen molar-refractivity contribution in [2.75, 3.05) is 19.4 Å². The molecular weight excluding hydrogens is 402 g/mol. The van der Waals surface area contributed by atoms with Gasteiger partial charge >= 0.3 is 0 Å². The topological polar surface area (TPSA) is 97.2 Å². The van der Waals surface area contributed by atoms with E-state index >= 15 is 0 Å². The molecule has 30 heavy (non-hydrogen) atoms. The maximum absolute atomic E-state index is 12.8. The molecule has 0 saturated heterocycles. The molecule has 2 heterocycles. The molecule has 0 fully saturated rings. The molecule has 0 radical (unpaired) electrons. The van der Waals surface area contributed by atoms with E-state index in [4.69, 9.17) is 0 Å². The summed E-state index contributed by atoms with van der Waals surface area (Å²) >= 11 is 0. The molecule has 0 aliphatic rings. The van der Waals surface area contributed by atoms with Crippen LogP contribution in [-0.2, 0) is 15.4 Å². The fraction of sp³-hybridized carbons (Fsp3) is 0.286. The molecule has 0 saturated carbocycles. The number of nitrogens with one attached hydrogen (secondary N) is 1. The fourth-order valence-corrected chi connectivity index (χ4v) is 3.57. The summed E-state index contributed by atoms with van der Waals surface area (Å²) in [6.45, 7) is 6.11. The zero-order valence-electron chi connectivity index (χ0n) is 17.6. The van der Waals surface area contributed by atoms with E-state index in [1.807, 2.05) is 32.9 Å². The zero-order chi connectivity index (χ0) is 22.1. The molecule has 0 aliphatic heterocycles. The van der Waals surface area contributed by atoms with E-state index in [-0.39, 0.29) is 16.2 Å². The number of nitrogens with zero attached hydrogens (tertiary/aromatic N) is 4. The minimum Gasteiger partial charge on any atom is -0.306 e. The first-order valence-corrected chi connectivity index (χ1v) is 10.8. The second-order valence-electron chi connectivity index (χ2n) is 8.03. The first kappa shape index (κ1) is 21.7. The van der Waals surface area contributed by atoms with Crippen molar-refractivity contribution in [3.05, 3.63) is 66.0 Å². The molecule has 158 valence electrons. The third-order valence-electron chi connectivity index (χ3n) is 4.48. The minimum atomic E-state index is -3.55. The Hall–Kier alpha value is -3.04. The summed E-state index contributed by atoms with van der Waals surface area (Å²) in [6.07, 6.45) is 1.66. The van der Waals surface area contributed by atoms with Crippen LogP contribution < -0.4 is 5.32 Å². The third-order valence-corrected chi connectivity index (χ3v) is 6.31. The molecule has 3 rings (SSSR count).